The Kier molecular flexibility index (Phi) is 6.98. The first-order valence-corrected chi connectivity index (χ1v) is 7.23. The third-order valence-electron chi connectivity index (χ3n) is 2.78. The molecule has 0 fully saturated rings. The number of ether oxygens (including phenoxy) is 2. The normalized spacial score (nSPS) is 10.3. The number of rotatable bonds is 7. The van der Waals surface area contributed by atoms with Crippen LogP contribution in [0.3, 0.4) is 0 Å². The molecule has 1 aromatic rings. The topological polar surface area (TPSA) is 76.7 Å². The predicted molar refractivity (Wildman–Crippen MR) is 85.7 cm³/mol. The average Bonchev–Trinajstić information content (AvgIpc) is 2.46. The molecule has 0 aliphatic carbocycles. The molecule has 22 heavy (non-hydrogen) atoms. The van der Waals surface area contributed by atoms with Crippen molar-refractivity contribution in [2.24, 2.45) is 5.92 Å². The smallest absolute Gasteiger partial charge is 0.233 e. The first kappa shape index (κ1) is 18.1. The van der Waals surface area contributed by atoms with Gasteiger partial charge < -0.3 is 20.1 Å². The van der Waals surface area contributed by atoms with Gasteiger partial charge in [-0.3, -0.25) is 9.59 Å². The maximum absolute atomic E-state index is 11.9. The molecule has 1 rings (SSSR count). The monoisotopic (exact) mass is 328 g/mol. The van der Waals surface area contributed by atoms with E-state index in [1.807, 2.05) is 13.8 Å². The first-order valence-electron chi connectivity index (χ1n) is 6.85. The number of benzene rings is 1. The number of anilines is 1. The van der Waals surface area contributed by atoms with Crippen LogP contribution in [0.1, 0.15) is 20.3 Å². The minimum Gasteiger partial charge on any atom is -0.495 e. The van der Waals surface area contributed by atoms with Gasteiger partial charge in [0, 0.05) is 18.7 Å². The van der Waals surface area contributed by atoms with Gasteiger partial charge in [-0.15, -0.1) is 0 Å². The summed E-state index contributed by atoms with van der Waals surface area (Å²) >= 11 is 5.99. The Hall–Kier alpha value is -1.95. The van der Waals surface area contributed by atoms with Crippen LogP contribution in [-0.2, 0) is 9.59 Å². The average molecular weight is 329 g/mol. The summed E-state index contributed by atoms with van der Waals surface area (Å²) in [7, 11) is 2.93. The van der Waals surface area contributed by atoms with Crippen LogP contribution in [0, 0.1) is 5.92 Å². The lowest BCUT2D eigenvalue weighted by Gasteiger charge is -2.13. The molecule has 2 N–H and O–H groups in total. The molecular formula is C15H21ClN2O4. The predicted octanol–water partition coefficient (Wildman–Crippen LogP) is 2.46. The number of methoxy groups -OCH3 is 2. The van der Waals surface area contributed by atoms with E-state index in [-0.39, 0.29) is 12.3 Å². The molecular weight excluding hydrogens is 308 g/mol. The Morgan fingerprint density at radius 3 is 2.32 bits per heavy atom. The van der Waals surface area contributed by atoms with Crippen molar-refractivity contribution in [3.8, 4) is 11.5 Å². The second-order valence-corrected chi connectivity index (χ2v) is 5.52. The molecule has 2 amide bonds. The van der Waals surface area contributed by atoms with Crippen LogP contribution in [0.25, 0.3) is 0 Å². The van der Waals surface area contributed by atoms with Crippen LogP contribution in [0.4, 0.5) is 5.69 Å². The van der Waals surface area contributed by atoms with Crippen LogP contribution in [0.5, 0.6) is 11.5 Å². The summed E-state index contributed by atoms with van der Waals surface area (Å²) in [5.41, 5.74) is 0.394. The third-order valence-corrected chi connectivity index (χ3v) is 3.07. The Balaban J connectivity index is 2.73. The van der Waals surface area contributed by atoms with Gasteiger partial charge in [-0.1, -0.05) is 25.4 Å². The van der Waals surface area contributed by atoms with Crippen molar-refractivity contribution in [3.63, 3.8) is 0 Å². The van der Waals surface area contributed by atoms with E-state index in [0.29, 0.717) is 34.7 Å². The quantitative estimate of drug-likeness (QED) is 0.754. The summed E-state index contributed by atoms with van der Waals surface area (Å²) in [6.07, 6.45) is -0.263. The van der Waals surface area contributed by atoms with Crippen molar-refractivity contribution in [2.75, 3.05) is 26.1 Å². The second-order valence-electron chi connectivity index (χ2n) is 5.11. The van der Waals surface area contributed by atoms with E-state index in [1.54, 1.807) is 6.07 Å². The SMILES string of the molecule is COc1cc(NC(=O)CC(=O)NCC(C)C)c(OC)cc1Cl. The number of hydrogen-bond acceptors (Lipinski definition) is 4. The molecule has 1 aromatic carbocycles. The fourth-order valence-electron chi connectivity index (χ4n) is 1.68. The number of nitrogens with one attached hydrogen (secondary N) is 2. The standard InChI is InChI=1S/C15H21ClN2O4/c1-9(2)8-17-14(19)7-15(20)18-11-6-12(21-3)10(16)5-13(11)22-4/h5-6,9H,7-8H2,1-4H3,(H,17,19)(H,18,20). The van der Waals surface area contributed by atoms with Crippen LogP contribution < -0.4 is 20.1 Å². The van der Waals surface area contributed by atoms with Crippen molar-refractivity contribution in [1.82, 2.24) is 5.32 Å². The highest BCUT2D eigenvalue weighted by atomic mass is 35.5. The molecule has 0 unspecified atom stereocenters. The summed E-state index contributed by atoms with van der Waals surface area (Å²) in [5, 5.41) is 5.67. The summed E-state index contributed by atoms with van der Waals surface area (Å²) < 4.78 is 10.2. The molecule has 7 heteroatoms. The fraction of sp³-hybridized carbons (Fsp3) is 0.467. The largest absolute Gasteiger partial charge is 0.495 e. The van der Waals surface area contributed by atoms with Gasteiger partial charge >= 0.3 is 0 Å². The van der Waals surface area contributed by atoms with E-state index in [4.69, 9.17) is 21.1 Å². The van der Waals surface area contributed by atoms with Crippen molar-refractivity contribution >= 4 is 29.1 Å². The number of carbonyl (C=O) groups is 2. The number of amides is 2. The van der Waals surface area contributed by atoms with Gasteiger partial charge in [0.1, 0.15) is 17.9 Å². The highest BCUT2D eigenvalue weighted by molar-refractivity contribution is 6.32. The van der Waals surface area contributed by atoms with E-state index in [1.165, 1.54) is 20.3 Å². The Morgan fingerprint density at radius 1 is 1.14 bits per heavy atom. The van der Waals surface area contributed by atoms with E-state index in [2.05, 4.69) is 10.6 Å². The molecule has 6 nitrogen and oxygen atoms in total. The third kappa shape index (κ3) is 5.44. The Bertz CT molecular complexity index is 547. The van der Waals surface area contributed by atoms with E-state index in [9.17, 15) is 9.59 Å². The van der Waals surface area contributed by atoms with Crippen LogP contribution >= 0.6 is 11.6 Å². The molecule has 0 aliphatic heterocycles. The summed E-state index contributed by atoms with van der Waals surface area (Å²) in [4.78, 5) is 23.5. The zero-order valence-electron chi connectivity index (χ0n) is 13.2. The van der Waals surface area contributed by atoms with Crippen LogP contribution in [0.2, 0.25) is 5.02 Å². The lowest BCUT2D eigenvalue weighted by molar-refractivity contribution is -0.126. The molecule has 122 valence electrons. The molecule has 0 aromatic heterocycles. The minimum atomic E-state index is -0.441. The highest BCUT2D eigenvalue weighted by Crippen LogP contribution is 2.35. The van der Waals surface area contributed by atoms with Crippen molar-refractivity contribution in [2.45, 2.75) is 20.3 Å². The van der Waals surface area contributed by atoms with E-state index < -0.39 is 5.91 Å². The van der Waals surface area contributed by atoms with E-state index in [0.717, 1.165) is 0 Å². The molecule has 0 heterocycles. The van der Waals surface area contributed by atoms with Gasteiger partial charge in [0.25, 0.3) is 0 Å². The van der Waals surface area contributed by atoms with Gasteiger partial charge in [-0.2, -0.15) is 0 Å². The lowest BCUT2D eigenvalue weighted by atomic mass is 10.2. The fourth-order valence-corrected chi connectivity index (χ4v) is 1.91. The van der Waals surface area contributed by atoms with Gasteiger partial charge in [-0.05, 0) is 5.92 Å². The molecule has 0 saturated heterocycles. The summed E-state index contributed by atoms with van der Waals surface area (Å²) in [6, 6.07) is 3.08. The van der Waals surface area contributed by atoms with Crippen molar-refractivity contribution in [3.05, 3.63) is 17.2 Å². The maximum atomic E-state index is 11.9. The van der Waals surface area contributed by atoms with Gasteiger partial charge in [-0.25, -0.2) is 0 Å². The number of hydrogen-bond donors (Lipinski definition) is 2. The first-order chi connectivity index (χ1) is 10.4. The summed E-state index contributed by atoms with van der Waals surface area (Å²) in [6.45, 7) is 4.49. The number of halogens is 1. The lowest BCUT2D eigenvalue weighted by Crippen LogP contribution is -2.30. The second kappa shape index (κ2) is 8.48. The molecule has 0 radical (unpaired) electrons. The van der Waals surface area contributed by atoms with Crippen molar-refractivity contribution < 1.29 is 19.1 Å². The van der Waals surface area contributed by atoms with Gasteiger partial charge in [0.2, 0.25) is 11.8 Å². The molecule has 0 atom stereocenters. The van der Waals surface area contributed by atoms with Gasteiger partial charge in [0.05, 0.1) is 24.9 Å². The van der Waals surface area contributed by atoms with Crippen molar-refractivity contribution in [1.29, 1.82) is 0 Å². The van der Waals surface area contributed by atoms with Gasteiger partial charge in [0.15, 0.2) is 0 Å². The highest BCUT2D eigenvalue weighted by Gasteiger charge is 2.15. The summed E-state index contributed by atoms with van der Waals surface area (Å²) in [5.74, 6) is 0.353. The zero-order chi connectivity index (χ0) is 16.7. The molecule has 0 saturated carbocycles. The van der Waals surface area contributed by atoms with E-state index >= 15 is 0 Å². The number of carbonyl (C=O) groups excluding carboxylic acids is 2. The molecule has 0 spiro atoms. The zero-order valence-corrected chi connectivity index (χ0v) is 13.9. The Labute approximate surface area is 135 Å². The maximum Gasteiger partial charge on any atom is 0.233 e. The molecule has 0 aliphatic rings. The Morgan fingerprint density at radius 2 is 1.77 bits per heavy atom. The van der Waals surface area contributed by atoms with Crippen LogP contribution in [-0.4, -0.2) is 32.6 Å². The molecule has 0 bridgehead atoms. The minimum absolute atomic E-state index is 0.263. The van der Waals surface area contributed by atoms with Crippen LogP contribution in [0.15, 0.2) is 12.1 Å².